The Kier molecular flexibility index (Phi) is 4.53. The molecule has 2 aromatic carbocycles. The normalized spacial score (nSPS) is 11.0. The summed E-state index contributed by atoms with van der Waals surface area (Å²) in [6.07, 6.45) is 1.75. The monoisotopic (exact) mass is 363 g/mol. The van der Waals surface area contributed by atoms with Crippen molar-refractivity contribution in [1.29, 1.82) is 0 Å². The quantitative estimate of drug-likeness (QED) is 0.494. The Morgan fingerprint density at radius 2 is 1.81 bits per heavy atom. The van der Waals surface area contributed by atoms with Crippen LogP contribution < -0.4 is 0 Å². The summed E-state index contributed by atoms with van der Waals surface area (Å²) in [6, 6.07) is 16.2. The van der Waals surface area contributed by atoms with Crippen molar-refractivity contribution in [2.75, 3.05) is 0 Å². The molecule has 130 valence electrons. The molecule has 0 unspecified atom stereocenters. The van der Waals surface area contributed by atoms with Crippen LogP contribution >= 0.6 is 11.8 Å². The summed E-state index contributed by atoms with van der Waals surface area (Å²) in [6.45, 7) is 4.12. The molecule has 0 spiro atoms. The van der Waals surface area contributed by atoms with E-state index in [-0.39, 0.29) is 0 Å². The summed E-state index contributed by atoms with van der Waals surface area (Å²) in [4.78, 5) is 4.36. The highest BCUT2D eigenvalue weighted by Gasteiger charge is 2.12. The lowest BCUT2D eigenvalue weighted by atomic mass is 10.1. The zero-order chi connectivity index (χ0) is 17.9. The van der Waals surface area contributed by atoms with Crippen LogP contribution in [-0.4, -0.2) is 25.2 Å². The second-order valence-electron chi connectivity index (χ2n) is 5.99. The third kappa shape index (κ3) is 3.52. The first-order valence-corrected chi connectivity index (χ1v) is 9.17. The molecule has 0 aliphatic carbocycles. The molecule has 0 bridgehead atoms. The minimum Gasteiger partial charge on any atom is -0.440 e. The van der Waals surface area contributed by atoms with Crippen molar-refractivity contribution in [3.05, 3.63) is 71.7 Å². The SMILES string of the molecule is Cc1cc(C)cc(-n2nnnc2SCc2ncc(-c3ccccc3)o2)c1. The third-order valence-electron chi connectivity index (χ3n) is 3.83. The van der Waals surface area contributed by atoms with Gasteiger partial charge < -0.3 is 4.42 Å². The first-order chi connectivity index (χ1) is 12.7. The lowest BCUT2D eigenvalue weighted by molar-refractivity contribution is 0.529. The van der Waals surface area contributed by atoms with Crippen LogP contribution in [0.3, 0.4) is 0 Å². The largest absolute Gasteiger partial charge is 0.440 e. The Labute approximate surface area is 155 Å². The predicted molar refractivity (Wildman–Crippen MR) is 100 cm³/mol. The number of tetrazole rings is 1. The van der Waals surface area contributed by atoms with Crippen molar-refractivity contribution >= 4 is 11.8 Å². The molecular formula is C19H17N5OS. The molecule has 0 aliphatic heterocycles. The van der Waals surface area contributed by atoms with Gasteiger partial charge in [-0.3, -0.25) is 0 Å². The third-order valence-corrected chi connectivity index (χ3v) is 4.73. The Bertz CT molecular complexity index is 1010. The van der Waals surface area contributed by atoms with Gasteiger partial charge in [0.15, 0.2) is 5.76 Å². The molecule has 0 radical (unpaired) electrons. The lowest BCUT2D eigenvalue weighted by Gasteiger charge is -2.06. The van der Waals surface area contributed by atoms with Gasteiger partial charge in [0.1, 0.15) is 0 Å². The number of hydrogen-bond donors (Lipinski definition) is 0. The van der Waals surface area contributed by atoms with Crippen LogP contribution in [-0.2, 0) is 5.75 Å². The first kappa shape index (κ1) is 16.5. The minimum absolute atomic E-state index is 0.554. The number of thioether (sulfide) groups is 1. The summed E-state index contributed by atoms with van der Waals surface area (Å²) in [7, 11) is 0. The van der Waals surface area contributed by atoms with E-state index in [4.69, 9.17) is 4.42 Å². The van der Waals surface area contributed by atoms with E-state index in [9.17, 15) is 0 Å². The summed E-state index contributed by atoms with van der Waals surface area (Å²) < 4.78 is 7.58. The number of benzene rings is 2. The van der Waals surface area contributed by atoms with Crippen LogP contribution in [0.1, 0.15) is 17.0 Å². The Morgan fingerprint density at radius 1 is 1.04 bits per heavy atom. The number of nitrogens with zero attached hydrogens (tertiary/aromatic N) is 5. The van der Waals surface area contributed by atoms with Gasteiger partial charge in [0.05, 0.1) is 17.6 Å². The zero-order valence-electron chi connectivity index (χ0n) is 14.5. The summed E-state index contributed by atoms with van der Waals surface area (Å²) in [5.41, 5.74) is 4.31. The molecule has 0 fully saturated rings. The van der Waals surface area contributed by atoms with Crippen molar-refractivity contribution in [1.82, 2.24) is 25.2 Å². The number of hydrogen-bond acceptors (Lipinski definition) is 6. The molecule has 0 amide bonds. The Hall–Kier alpha value is -2.93. The molecule has 4 aromatic rings. The number of rotatable bonds is 5. The van der Waals surface area contributed by atoms with Gasteiger partial charge in [-0.15, -0.1) is 5.10 Å². The molecule has 6 nitrogen and oxygen atoms in total. The van der Waals surface area contributed by atoms with Crippen molar-refractivity contribution in [2.24, 2.45) is 0 Å². The molecule has 0 saturated carbocycles. The van der Waals surface area contributed by atoms with E-state index in [0.717, 1.165) is 17.0 Å². The molecule has 4 rings (SSSR count). The highest BCUT2D eigenvalue weighted by molar-refractivity contribution is 7.98. The second-order valence-corrected chi connectivity index (χ2v) is 6.93. The van der Waals surface area contributed by atoms with Gasteiger partial charge >= 0.3 is 0 Å². The molecule has 0 aliphatic rings. The number of aromatic nitrogens is 5. The molecule has 2 heterocycles. The van der Waals surface area contributed by atoms with Crippen molar-refractivity contribution in [3.8, 4) is 17.0 Å². The second kappa shape index (κ2) is 7.13. The van der Waals surface area contributed by atoms with Crippen molar-refractivity contribution in [2.45, 2.75) is 24.8 Å². The van der Waals surface area contributed by atoms with E-state index in [1.165, 1.54) is 22.9 Å². The number of aryl methyl sites for hydroxylation is 2. The van der Waals surface area contributed by atoms with E-state index < -0.39 is 0 Å². The number of oxazole rings is 1. The molecule has 7 heteroatoms. The standard InChI is InChI=1S/C19H17N5OS/c1-13-8-14(2)10-16(9-13)24-19(21-22-23-24)26-12-18-20-11-17(25-18)15-6-4-3-5-7-15/h3-11H,12H2,1-2H3. The lowest BCUT2D eigenvalue weighted by Crippen LogP contribution is -2.00. The maximum absolute atomic E-state index is 5.84. The highest BCUT2D eigenvalue weighted by Crippen LogP contribution is 2.26. The van der Waals surface area contributed by atoms with Gasteiger partial charge in [-0.25, -0.2) is 4.98 Å². The predicted octanol–water partition coefficient (Wildman–Crippen LogP) is 4.23. The zero-order valence-corrected chi connectivity index (χ0v) is 15.3. The maximum atomic E-state index is 5.84. The fraction of sp³-hybridized carbons (Fsp3) is 0.158. The van der Waals surface area contributed by atoms with E-state index in [1.807, 2.05) is 30.3 Å². The van der Waals surface area contributed by atoms with Crippen molar-refractivity contribution in [3.63, 3.8) is 0 Å². The fourth-order valence-electron chi connectivity index (χ4n) is 2.74. The van der Waals surface area contributed by atoms with Crippen molar-refractivity contribution < 1.29 is 4.42 Å². The molecule has 2 aromatic heterocycles. The van der Waals surface area contributed by atoms with Gasteiger partial charge in [-0.2, -0.15) is 4.68 Å². The maximum Gasteiger partial charge on any atom is 0.214 e. The molecule has 0 atom stereocenters. The van der Waals surface area contributed by atoms with Crippen LogP contribution in [0.5, 0.6) is 0 Å². The summed E-state index contributed by atoms with van der Waals surface area (Å²) in [5.74, 6) is 1.96. The van der Waals surface area contributed by atoms with Gasteiger partial charge in [-0.1, -0.05) is 48.2 Å². The average Bonchev–Trinajstić information content (AvgIpc) is 3.29. The van der Waals surface area contributed by atoms with Gasteiger partial charge in [0.25, 0.3) is 0 Å². The van der Waals surface area contributed by atoms with Crippen LogP contribution in [0.2, 0.25) is 0 Å². The molecule has 0 saturated heterocycles. The Balaban J connectivity index is 1.51. The van der Waals surface area contributed by atoms with E-state index in [2.05, 4.69) is 52.6 Å². The molecule has 0 N–H and O–H groups in total. The highest BCUT2D eigenvalue weighted by atomic mass is 32.2. The van der Waals surface area contributed by atoms with Crippen LogP contribution in [0.15, 0.2) is 64.3 Å². The van der Waals surface area contributed by atoms with E-state index in [1.54, 1.807) is 10.9 Å². The Morgan fingerprint density at radius 3 is 2.58 bits per heavy atom. The van der Waals surface area contributed by atoms with E-state index in [0.29, 0.717) is 16.8 Å². The van der Waals surface area contributed by atoms with Crippen LogP contribution in [0, 0.1) is 13.8 Å². The minimum atomic E-state index is 0.554. The molecule has 26 heavy (non-hydrogen) atoms. The smallest absolute Gasteiger partial charge is 0.214 e. The first-order valence-electron chi connectivity index (χ1n) is 8.19. The van der Waals surface area contributed by atoms with Gasteiger partial charge in [0, 0.05) is 5.56 Å². The average molecular weight is 363 g/mol. The topological polar surface area (TPSA) is 69.6 Å². The van der Waals surface area contributed by atoms with Gasteiger partial charge in [-0.05, 0) is 47.5 Å². The summed E-state index contributed by atoms with van der Waals surface area (Å²) >= 11 is 1.49. The van der Waals surface area contributed by atoms with Crippen LogP contribution in [0.4, 0.5) is 0 Å². The fourth-order valence-corrected chi connectivity index (χ4v) is 3.49. The van der Waals surface area contributed by atoms with E-state index >= 15 is 0 Å². The summed E-state index contributed by atoms with van der Waals surface area (Å²) in [5, 5.41) is 12.8. The van der Waals surface area contributed by atoms with Crippen LogP contribution in [0.25, 0.3) is 17.0 Å². The van der Waals surface area contributed by atoms with Gasteiger partial charge in [0.2, 0.25) is 11.0 Å². The molecular weight excluding hydrogens is 346 g/mol.